The second-order valence-electron chi connectivity index (χ2n) is 13.2. The summed E-state index contributed by atoms with van der Waals surface area (Å²) in [5.41, 5.74) is 10.2. The van der Waals surface area contributed by atoms with Crippen molar-refractivity contribution in [2.24, 2.45) is 0 Å². The van der Waals surface area contributed by atoms with Crippen molar-refractivity contribution in [3.8, 4) is 44.5 Å². The number of thiophene rings is 3. The third-order valence-corrected chi connectivity index (χ3v) is 13.9. The van der Waals surface area contributed by atoms with Crippen LogP contribution < -0.4 is 0 Å². The number of fused-ring (bicyclic) bond motifs is 9. The minimum atomic E-state index is 1.25. The van der Waals surface area contributed by atoms with Crippen molar-refractivity contribution in [1.82, 2.24) is 0 Å². The number of rotatable bonds is 4. The van der Waals surface area contributed by atoms with Crippen LogP contribution in [0.15, 0.2) is 170 Å². The van der Waals surface area contributed by atoms with Crippen molar-refractivity contribution in [2.45, 2.75) is 0 Å². The summed E-state index contributed by atoms with van der Waals surface area (Å²) in [6, 6.07) is 62.9. The molecule has 0 fully saturated rings. The zero-order valence-corrected chi connectivity index (χ0v) is 29.8. The maximum absolute atomic E-state index is 2.30. The Morgan fingerprint density at radius 2 is 0.569 bits per heavy atom. The highest BCUT2D eigenvalue weighted by molar-refractivity contribution is 7.27. The monoisotopic (exact) mass is 700 g/mol. The molecule has 11 rings (SSSR count). The molecule has 238 valence electrons. The van der Waals surface area contributed by atoms with Crippen LogP contribution in [0.4, 0.5) is 0 Å². The predicted octanol–water partition coefficient (Wildman–Crippen LogP) is 15.5. The Morgan fingerprint density at radius 3 is 1.02 bits per heavy atom. The van der Waals surface area contributed by atoms with E-state index in [4.69, 9.17) is 0 Å². The lowest BCUT2D eigenvalue weighted by Crippen LogP contribution is -1.82. The molecule has 0 bridgehead atoms. The SMILES string of the molecule is c1ccc2c(c1)sc1cccc(-c3ccc(-c4cccc5c4sc4c(-c6ccc(-c7cccc8sc9ccccc9c78)cc6)cccc45)cc3)c12. The number of benzene rings is 8. The minimum Gasteiger partial charge on any atom is -0.135 e. The zero-order valence-electron chi connectivity index (χ0n) is 27.4. The van der Waals surface area contributed by atoms with Gasteiger partial charge in [-0.15, -0.1) is 34.0 Å². The third kappa shape index (κ3) is 4.56. The second kappa shape index (κ2) is 11.5. The number of hydrogen-bond acceptors (Lipinski definition) is 3. The minimum absolute atomic E-state index is 1.25. The van der Waals surface area contributed by atoms with E-state index in [1.165, 1.54) is 105 Å². The van der Waals surface area contributed by atoms with Crippen molar-refractivity contribution in [2.75, 3.05) is 0 Å². The molecule has 0 unspecified atom stereocenters. The molecule has 0 saturated heterocycles. The van der Waals surface area contributed by atoms with Crippen molar-refractivity contribution < 1.29 is 0 Å². The molecule has 0 atom stereocenters. The maximum atomic E-state index is 2.30. The molecular formula is C48H28S3. The summed E-state index contributed by atoms with van der Waals surface area (Å²) >= 11 is 5.67. The van der Waals surface area contributed by atoms with Gasteiger partial charge in [0.1, 0.15) is 0 Å². The zero-order chi connectivity index (χ0) is 33.5. The van der Waals surface area contributed by atoms with Gasteiger partial charge < -0.3 is 0 Å². The van der Waals surface area contributed by atoms with Gasteiger partial charge in [-0.3, -0.25) is 0 Å². The molecule has 3 heterocycles. The van der Waals surface area contributed by atoms with Crippen molar-refractivity contribution in [1.29, 1.82) is 0 Å². The van der Waals surface area contributed by atoms with Gasteiger partial charge in [-0.05, 0) is 68.8 Å². The van der Waals surface area contributed by atoms with E-state index in [-0.39, 0.29) is 0 Å². The van der Waals surface area contributed by atoms with Crippen LogP contribution in [0.25, 0.3) is 105 Å². The molecule has 8 aromatic carbocycles. The molecule has 0 aliphatic rings. The Balaban J connectivity index is 0.986. The normalized spacial score (nSPS) is 11.9. The predicted molar refractivity (Wildman–Crippen MR) is 227 cm³/mol. The first kappa shape index (κ1) is 29.2. The lowest BCUT2D eigenvalue weighted by Gasteiger charge is -2.08. The Bertz CT molecular complexity index is 2900. The van der Waals surface area contributed by atoms with Gasteiger partial charge in [-0.25, -0.2) is 0 Å². The van der Waals surface area contributed by atoms with E-state index >= 15 is 0 Å². The van der Waals surface area contributed by atoms with Gasteiger partial charge in [-0.1, -0.05) is 146 Å². The second-order valence-corrected chi connectivity index (χ2v) is 16.4. The number of hydrogen-bond donors (Lipinski definition) is 0. The summed E-state index contributed by atoms with van der Waals surface area (Å²) in [5.74, 6) is 0. The summed E-state index contributed by atoms with van der Waals surface area (Å²) in [7, 11) is 0. The molecule has 0 saturated carbocycles. The van der Waals surface area contributed by atoms with Gasteiger partial charge in [0.25, 0.3) is 0 Å². The van der Waals surface area contributed by atoms with E-state index in [9.17, 15) is 0 Å². The molecule has 0 nitrogen and oxygen atoms in total. The highest BCUT2D eigenvalue weighted by Crippen LogP contribution is 2.46. The quantitative estimate of drug-likeness (QED) is 0.171. The standard InChI is InChI=1S/C48H28S3/c1-3-17-41-39(9-1)45-33(11-7-19-43(45)49-41)29-21-25-31(26-22-29)35-13-5-15-37-38-16-6-14-36(48(38)51-47(35)37)32-27-23-30(24-28-32)34-12-8-20-44-46(34)40-10-2-4-18-42(40)50-44/h1-28H. The van der Waals surface area contributed by atoms with Gasteiger partial charge in [0.2, 0.25) is 0 Å². The van der Waals surface area contributed by atoms with Crippen molar-refractivity contribution in [3.63, 3.8) is 0 Å². The fraction of sp³-hybridized carbons (Fsp3) is 0. The third-order valence-electron chi connectivity index (χ3n) is 10.3. The maximum Gasteiger partial charge on any atom is 0.0434 e. The van der Waals surface area contributed by atoms with Crippen LogP contribution in [0, 0.1) is 0 Å². The largest absolute Gasteiger partial charge is 0.135 e. The highest BCUT2D eigenvalue weighted by Gasteiger charge is 2.16. The van der Waals surface area contributed by atoms with Crippen LogP contribution in [0.3, 0.4) is 0 Å². The smallest absolute Gasteiger partial charge is 0.0434 e. The molecule has 51 heavy (non-hydrogen) atoms. The molecule has 0 N–H and O–H groups in total. The van der Waals surface area contributed by atoms with Crippen LogP contribution in [-0.2, 0) is 0 Å². The summed E-state index contributed by atoms with van der Waals surface area (Å²) < 4.78 is 8.04. The van der Waals surface area contributed by atoms with Crippen LogP contribution >= 0.6 is 34.0 Å². The Hall–Kier alpha value is -5.58. The summed E-state index contributed by atoms with van der Waals surface area (Å²) in [6.07, 6.45) is 0. The first-order valence-corrected chi connectivity index (χ1v) is 19.7. The Kier molecular flexibility index (Phi) is 6.57. The molecule has 0 amide bonds. The van der Waals surface area contributed by atoms with E-state index in [1.807, 2.05) is 34.0 Å². The van der Waals surface area contributed by atoms with Gasteiger partial charge >= 0.3 is 0 Å². The summed E-state index contributed by atoms with van der Waals surface area (Å²) in [4.78, 5) is 0. The van der Waals surface area contributed by atoms with E-state index in [1.54, 1.807) is 0 Å². The fourth-order valence-electron chi connectivity index (χ4n) is 7.96. The summed E-state index contributed by atoms with van der Waals surface area (Å²) in [6.45, 7) is 0. The first-order valence-electron chi connectivity index (χ1n) is 17.2. The van der Waals surface area contributed by atoms with Crippen molar-refractivity contribution in [3.05, 3.63) is 170 Å². The molecule has 3 heteroatoms. The van der Waals surface area contributed by atoms with Gasteiger partial charge in [0, 0.05) is 60.5 Å². The first-order chi connectivity index (χ1) is 25.3. The van der Waals surface area contributed by atoms with Gasteiger partial charge in [0.05, 0.1) is 0 Å². The molecular weight excluding hydrogens is 673 g/mol. The molecule has 0 aliphatic heterocycles. The van der Waals surface area contributed by atoms with Crippen LogP contribution in [0.2, 0.25) is 0 Å². The van der Waals surface area contributed by atoms with Gasteiger partial charge in [0.15, 0.2) is 0 Å². The Labute approximate surface area is 307 Å². The lowest BCUT2D eigenvalue weighted by molar-refractivity contribution is 1.64. The van der Waals surface area contributed by atoms with E-state index in [0.29, 0.717) is 0 Å². The van der Waals surface area contributed by atoms with E-state index < -0.39 is 0 Å². The average Bonchev–Trinajstić information content (AvgIpc) is 3.89. The lowest BCUT2D eigenvalue weighted by atomic mass is 9.95. The fourth-order valence-corrected chi connectivity index (χ4v) is 11.6. The van der Waals surface area contributed by atoms with E-state index in [2.05, 4.69) is 170 Å². The molecule has 0 aliphatic carbocycles. The van der Waals surface area contributed by atoms with Crippen LogP contribution in [0.1, 0.15) is 0 Å². The molecule has 0 radical (unpaired) electrons. The molecule has 11 aromatic rings. The van der Waals surface area contributed by atoms with Crippen LogP contribution in [-0.4, -0.2) is 0 Å². The average molecular weight is 701 g/mol. The highest BCUT2D eigenvalue weighted by atomic mass is 32.1. The van der Waals surface area contributed by atoms with Gasteiger partial charge in [-0.2, -0.15) is 0 Å². The summed E-state index contributed by atoms with van der Waals surface area (Å²) in [5, 5.41) is 8.03. The Morgan fingerprint density at radius 1 is 0.235 bits per heavy atom. The topological polar surface area (TPSA) is 0 Å². The van der Waals surface area contributed by atoms with E-state index in [0.717, 1.165) is 0 Å². The van der Waals surface area contributed by atoms with Crippen LogP contribution in [0.5, 0.6) is 0 Å². The molecule has 3 aromatic heterocycles. The molecule has 0 spiro atoms. The van der Waals surface area contributed by atoms with Crippen molar-refractivity contribution >= 4 is 94.5 Å².